The Labute approximate surface area is 169 Å². The lowest BCUT2D eigenvalue weighted by Crippen LogP contribution is -2.45. The monoisotopic (exact) mass is 393 g/mol. The van der Waals surface area contributed by atoms with Crippen molar-refractivity contribution in [1.82, 2.24) is 10.2 Å². The maximum atomic E-state index is 13.3. The minimum atomic E-state index is -1.17. The maximum Gasteiger partial charge on any atom is 0.325 e. The first-order valence-electron chi connectivity index (χ1n) is 9.67. The summed E-state index contributed by atoms with van der Waals surface area (Å²) < 4.78 is 5.17. The lowest BCUT2D eigenvalue weighted by atomic mass is 9.87. The second-order valence-corrected chi connectivity index (χ2v) is 7.23. The zero-order chi connectivity index (χ0) is 20.6. The van der Waals surface area contributed by atoms with Gasteiger partial charge < -0.3 is 15.0 Å². The molecule has 4 rings (SSSR count). The van der Waals surface area contributed by atoms with Gasteiger partial charge in [-0.05, 0) is 42.2 Å². The van der Waals surface area contributed by atoms with Crippen LogP contribution in [0.15, 0.2) is 48.5 Å². The lowest BCUT2D eigenvalue weighted by Gasteiger charge is -2.26. The number of imide groups is 1. The fourth-order valence-corrected chi connectivity index (χ4v) is 4.10. The van der Waals surface area contributed by atoms with Crippen LogP contribution in [0.2, 0.25) is 0 Å². The molecule has 2 aliphatic rings. The van der Waals surface area contributed by atoms with E-state index < -0.39 is 17.5 Å². The fraction of sp³-hybridized carbons (Fsp3) is 0.318. The lowest BCUT2D eigenvalue weighted by molar-refractivity contribution is -0.134. The Kier molecular flexibility index (Phi) is 4.74. The van der Waals surface area contributed by atoms with Crippen LogP contribution in [0, 0.1) is 0 Å². The number of ether oxygens (including phenoxy) is 1. The van der Waals surface area contributed by atoms with Crippen molar-refractivity contribution in [3.05, 3.63) is 59.7 Å². The molecule has 1 saturated heterocycles. The summed E-state index contributed by atoms with van der Waals surface area (Å²) in [5, 5.41) is 2.81. The van der Waals surface area contributed by atoms with E-state index in [0.717, 1.165) is 22.6 Å². The first-order chi connectivity index (χ1) is 14.0. The number of rotatable bonds is 5. The topological polar surface area (TPSA) is 79.0 Å². The molecule has 0 saturated carbocycles. The van der Waals surface area contributed by atoms with E-state index in [-0.39, 0.29) is 12.5 Å². The molecule has 0 radical (unpaired) electrons. The summed E-state index contributed by atoms with van der Waals surface area (Å²) in [5.41, 5.74) is 1.44. The first kappa shape index (κ1) is 19.0. The van der Waals surface area contributed by atoms with E-state index in [1.807, 2.05) is 31.2 Å². The highest BCUT2D eigenvalue weighted by molar-refractivity contribution is 6.11. The fourth-order valence-electron chi connectivity index (χ4n) is 4.10. The van der Waals surface area contributed by atoms with Crippen molar-refractivity contribution in [2.45, 2.75) is 25.3 Å². The molecule has 7 nitrogen and oxygen atoms in total. The molecule has 2 heterocycles. The van der Waals surface area contributed by atoms with Gasteiger partial charge in [0.15, 0.2) is 0 Å². The van der Waals surface area contributed by atoms with E-state index in [1.165, 1.54) is 0 Å². The number of hydrogen-bond donors (Lipinski definition) is 1. The molecule has 7 heteroatoms. The molecular weight excluding hydrogens is 370 g/mol. The standard InChI is InChI=1S/C22H23N3O4/c1-3-22(16-8-10-17(29-2)11-9-16)20(27)25(21(28)23-22)14-19(26)24-13-12-15-6-4-5-7-18(15)24/h4-11H,3,12-14H2,1-2H3,(H,23,28)/t22-/m1/s1. The zero-order valence-electron chi connectivity index (χ0n) is 16.5. The average Bonchev–Trinajstić information content (AvgIpc) is 3.29. The number of para-hydroxylation sites is 1. The van der Waals surface area contributed by atoms with Crippen molar-refractivity contribution in [1.29, 1.82) is 0 Å². The van der Waals surface area contributed by atoms with Crippen molar-refractivity contribution < 1.29 is 19.1 Å². The van der Waals surface area contributed by atoms with Gasteiger partial charge in [0.1, 0.15) is 17.8 Å². The third-order valence-corrected chi connectivity index (χ3v) is 5.77. The summed E-state index contributed by atoms with van der Waals surface area (Å²) in [5.74, 6) is -0.00686. The molecule has 4 amide bonds. The Hall–Kier alpha value is -3.35. The van der Waals surface area contributed by atoms with E-state index in [0.29, 0.717) is 24.3 Å². The van der Waals surface area contributed by atoms with Gasteiger partial charge in [0.2, 0.25) is 5.91 Å². The Balaban J connectivity index is 1.57. The van der Waals surface area contributed by atoms with Crippen LogP contribution in [0.3, 0.4) is 0 Å². The van der Waals surface area contributed by atoms with Gasteiger partial charge in [-0.15, -0.1) is 0 Å². The highest BCUT2D eigenvalue weighted by atomic mass is 16.5. The van der Waals surface area contributed by atoms with Gasteiger partial charge in [0.25, 0.3) is 5.91 Å². The van der Waals surface area contributed by atoms with E-state index >= 15 is 0 Å². The normalized spacial score (nSPS) is 20.6. The van der Waals surface area contributed by atoms with Crippen LogP contribution in [0.4, 0.5) is 10.5 Å². The number of fused-ring (bicyclic) bond motifs is 1. The number of urea groups is 1. The van der Waals surface area contributed by atoms with Crippen LogP contribution in [0.1, 0.15) is 24.5 Å². The second-order valence-electron chi connectivity index (χ2n) is 7.23. The van der Waals surface area contributed by atoms with Crippen LogP contribution in [-0.2, 0) is 21.5 Å². The van der Waals surface area contributed by atoms with Gasteiger partial charge in [-0.1, -0.05) is 37.3 Å². The first-order valence-corrected chi connectivity index (χ1v) is 9.67. The van der Waals surface area contributed by atoms with Gasteiger partial charge in [0.05, 0.1) is 7.11 Å². The maximum absolute atomic E-state index is 13.3. The van der Waals surface area contributed by atoms with Crippen molar-refractivity contribution in [2.24, 2.45) is 0 Å². The number of carbonyl (C=O) groups excluding carboxylic acids is 3. The van der Waals surface area contributed by atoms with Gasteiger partial charge in [-0.2, -0.15) is 0 Å². The van der Waals surface area contributed by atoms with Gasteiger partial charge in [-0.3, -0.25) is 14.5 Å². The number of benzene rings is 2. The van der Waals surface area contributed by atoms with Gasteiger partial charge >= 0.3 is 6.03 Å². The summed E-state index contributed by atoms with van der Waals surface area (Å²) >= 11 is 0. The highest BCUT2D eigenvalue weighted by Gasteiger charge is 2.52. The number of anilines is 1. The third-order valence-electron chi connectivity index (χ3n) is 5.77. The Morgan fingerprint density at radius 3 is 2.55 bits per heavy atom. The van der Waals surface area contributed by atoms with Crippen LogP contribution in [0.5, 0.6) is 5.75 Å². The van der Waals surface area contributed by atoms with Crippen molar-refractivity contribution in [3.8, 4) is 5.75 Å². The molecule has 1 atom stereocenters. The quantitative estimate of drug-likeness (QED) is 0.792. The molecule has 150 valence electrons. The Morgan fingerprint density at radius 2 is 1.86 bits per heavy atom. The summed E-state index contributed by atoms with van der Waals surface area (Å²) in [6.07, 6.45) is 1.15. The molecular formula is C22H23N3O4. The SMILES string of the molecule is CC[C@]1(c2ccc(OC)cc2)NC(=O)N(CC(=O)N2CCc3ccccc32)C1=O. The van der Waals surface area contributed by atoms with Gasteiger partial charge in [-0.25, -0.2) is 4.79 Å². The smallest absolute Gasteiger partial charge is 0.325 e. The van der Waals surface area contributed by atoms with E-state index in [2.05, 4.69) is 5.32 Å². The number of nitrogens with one attached hydrogen (secondary N) is 1. The number of hydrogen-bond acceptors (Lipinski definition) is 4. The molecule has 2 aromatic carbocycles. The number of nitrogens with zero attached hydrogens (tertiary/aromatic N) is 2. The third kappa shape index (κ3) is 3.03. The zero-order valence-corrected chi connectivity index (χ0v) is 16.5. The van der Waals surface area contributed by atoms with Crippen LogP contribution < -0.4 is 15.0 Å². The predicted molar refractivity (Wildman–Crippen MR) is 108 cm³/mol. The molecule has 2 aliphatic heterocycles. The molecule has 0 unspecified atom stereocenters. The van der Waals surface area contributed by atoms with E-state index in [1.54, 1.807) is 36.3 Å². The van der Waals surface area contributed by atoms with Crippen LogP contribution in [-0.4, -0.2) is 42.9 Å². The van der Waals surface area contributed by atoms with E-state index in [9.17, 15) is 14.4 Å². The second kappa shape index (κ2) is 7.24. The Morgan fingerprint density at radius 1 is 1.14 bits per heavy atom. The largest absolute Gasteiger partial charge is 0.497 e. The average molecular weight is 393 g/mol. The van der Waals surface area contributed by atoms with Gasteiger partial charge in [0, 0.05) is 12.2 Å². The van der Waals surface area contributed by atoms with Crippen molar-refractivity contribution in [3.63, 3.8) is 0 Å². The van der Waals surface area contributed by atoms with Crippen LogP contribution >= 0.6 is 0 Å². The summed E-state index contributed by atoms with van der Waals surface area (Å²) in [4.78, 5) is 41.5. The molecule has 29 heavy (non-hydrogen) atoms. The Bertz CT molecular complexity index is 972. The summed E-state index contributed by atoms with van der Waals surface area (Å²) in [7, 11) is 1.57. The molecule has 0 bridgehead atoms. The van der Waals surface area contributed by atoms with Crippen LogP contribution in [0.25, 0.3) is 0 Å². The number of carbonyl (C=O) groups is 3. The van der Waals surface area contributed by atoms with Crippen molar-refractivity contribution in [2.75, 3.05) is 25.1 Å². The molecule has 2 aromatic rings. The predicted octanol–water partition coefficient (Wildman–Crippen LogP) is 2.44. The minimum absolute atomic E-state index is 0.264. The summed E-state index contributed by atoms with van der Waals surface area (Å²) in [6.45, 7) is 2.11. The molecule has 1 fully saturated rings. The molecule has 0 aromatic heterocycles. The molecule has 1 N–H and O–H groups in total. The van der Waals surface area contributed by atoms with E-state index in [4.69, 9.17) is 4.74 Å². The summed E-state index contributed by atoms with van der Waals surface area (Å²) in [6, 6.07) is 14.2. The molecule has 0 spiro atoms. The number of methoxy groups -OCH3 is 1. The minimum Gasteiger partial charge on any atom is -0.497 e. The highest BCUT2D eigenvalue weighted by Crippen LogP contribution is 2.34. The number of amides is 4. The molecule has 0 aliphatic carbocycles. The van der Waals surface area contributed by atoms with Crippen molar-refractivity contribution >= 4 is 23.5 Å².